The zero-order chi connectivity index (χ0) is 18.3. The molecule has 2 aliphatic rings. The largest absolute Gasteiger partial charge is 0.379 e. The second-order valence-corrected chi connectivity index (χ2v) is 9.00. The van der Waals surface area contributed by atoms with E-state index in [2.05, 4.69) is 34.4 Å². The van der Waals surface area contributed by atoms with Crippen LogP contribution in [-0.2, 0) is 14.8 Å². The Morgan fingerprint density at radius 2 is 1.92 bits per heavy atom. The van der Waals surface area contributed by atoms with Gasteiger partial charge in [-0.05, 0) is 12.3 Å². The monoisotopic (exact) mass is 375 g/mol. The predicted molar refractivity (Wildman–Crippen MR) is 100 cm³/mol. The quantitative estimate of drug-likeness (QED) is 0.463. The predicted octanol–water partition coefficient (Wildman–Crippen LogP) is -0.456. The Hall–Kier alpha value is -0.900. The van der Waals surface area contributed by atoms with Crippen LogP contribution in [0.3, 0.4) is 0 Å². The van der Waals surface area contributed by atoms with E-state index in [4.69, 9.17) is 4.74 Å². The Morgan fingerprint density at radius 1 is 1.20 bits per heavy atom. The minimum atomic E-state index is -3.03. The molecule has 0 aliphatic carbocycles. The van der Waals surface area contributed by atoms with Gasteiger partial charge in [0.2, 0.25) is 10.0 Å². The van der Waals surface area contributed by atoms with Gasteiger partial charge < -0.3 is 15.4 Å². The van der Waals surface area contributed by atoms with E-state index in [-0.39, 0.29) is 5.75 Å². The molecule has 0 aromatic carbocycles. The number of ether oxygens (including phenoxy) is 1. The van der Waals surface area contributed by atoms with Crippen molar-refractivity contribution in [2.45, 2.75) is 26.3 Å². The number of hydrogen-bond donors (Lipinski definition) is 2. The number of guanidine groups is 1. The van der Waals surface area contributed by atoms with Crippen LogP contribution >= 0.6 is 0 Å². The summed E-state index contributed by atoms with van der Waals surface area (Å²) in [5, 5.41) is 6.60. The molecule has 1 unspecified atom stereocenters. The van der Waals surface area contributed by atoms with Gasteiger partial charge in [-0.25, -0.2) is 12.7 Å². The Bertz CT molecular complexity index is 532. The highest BCUT2D eigenvalue weighted by Gasteiger charge is 2.27. The van der Waals surface area contributed by atoms with Gasteiger partial charge >= 0.3 is 0 Å². The smallest absolute Gasteiger partial charge is 0.214 e. The maximum atomic E-state index is 11.8. The van der Waals surface area contributed by atoms with Crippen LogP contribution in [0.1, 0.15) is 20.3 Å². The van der Waals surface area contributed by atoms with Crippen molar-refractivity contribution in [2.24, 2.45) is 10.9 Å². The van der Waals surface area contributed by atoms with Gasteiger partial charge in [-0.2, -0.15) is 0 Å². The van der Waals surface area contributed by atoms with Crippen molar-refractivity contribution in [1.29, 1.82) is 0 Å². The maximum absolute atomic E-state index is 11.8. The van der Waals surface area contributed by atoms with Gasteiger partial charge in [0.15, 0.2) is 5.96 Å². The van der Waals surface area contributed by atoms with Crippen molar-refractivity contribution >= 4 is 16.0 Å². The normalized spacial score (nSPS) is 23.8. The maximum Gasteiger partial charge on any atom is 0.214 e. The lowest BCUT2D eigenvalue weighted by Crippen LogP contribution is -2.53. The number of sulfonamides is 1. The number of nitrogens with zero attached hydrogens (tertiary/aromatic N) is 3. The first-order valence-corrected chi connectivity index (χ1v) is 10.8. The average Bonchev–Trinajstić information content (AvgIpc) is 2.92. The van der Waals surface area contributed by atoms with Gasteiger partial charge in [0, 0.05) is 52.4 Å². The van der Waals surface area contributed by atoms with E-state index in [9.17, 15) is 8.42 Å². The highest BCUT2D eigenvalue weighted by atomic mass is 32.2. The van der Waals surface area contributed by atoms with Gasteiger partial charge in [0.05, 0.1) is 19.0 Å². The molecule has 2 saturated heterocycles. The molecule has 0 spiro atoms. The molecule has 0 aromatic heterocycles. The molecule has 8 nitrogen and oxygen atoms in total. The third kappa shape index (κ3) is 6.09. The van der Waals surface area contributed by atoms with Crippen molar-refractivity contribution in [3.8, 4) is 0 Å². The molecule has 2 fully saturated rings. The van der Waals surface area contributed by atoms with E-state index < -0.39 is 10.0 Å². The molecule has 0 aromatic rings. The van der Waals surface area contributed by atoms with Crippen molar-refractivity contribution < 1.29 is 13.2 Å². The molecule has 25 heavy (non-hydrogen) atoms. The minimum absolute atomic E-state index is 0.273. The Kier molecular flexibility index (Phi) is 7.92. The van der Waals surface area contributed by atoms with E-state index in [1.54, 1.807) is 11.4 Å². The number of aliphatic imine (C=N–C) groups is 1. The SMILES string of the molecule is CN=C(NCCN1CCCS1(=O)=O)NCC(C(C)C)N1CCOCC1. The standard InChI is InChI=1S/C16H33N5O3S/c1-14(2)15(20-8-10-24-11-9-20)13-19-16(17-3)18-5-7-21-6-4-12-25(21,22)23/h14-15H,4-13H2,1-3H3,(H2,17,18,19). The van der Waals surface area contributed by atoms with E-state index in [1.807, 2.05) is 0 Å². The van der Waals surface area contributed by atoms with E-state index in [0.29, 0.717) is 31.6 Å². The van der Waals surface area contributed by atoms with Crippen LogP contribution in [0.25, 0.3) is 0 Å². The Labute approximate surface area is 152 Å². The molecule has 0 saturated carbocycles. The summed E-state index contributed by atoms with van der Waals surface area (Å²) in [4.78, 5) is 6.71. The average molecular weight is 376 g/mol. The molecule has 0 bridgehead atoms. The van der Waals surface area contributed by atoms with Gasteiger partial charge in [-0.15, -0.1) is 0 Å². The van der Waals surface area contributed by atoms with Crippen molar-refractivity contribution in [1.82, 2.24) is 19.8 Å². The highest BCUT2D eigenvalue weighted by Crippen LogP contribution is 2.13. The lowest BCUT2D eigenvalue weighted by molar-refractivity contribution is 0.00752. The molecule has 2 rings (SSSR count). The van der Waals surface area contributed by atoms with E-state index >= 15 is 0 Å². The fraction of sp³-hybridized carbons (Fsp3) is 0.938. The van der Waals surface area contributed by atoms with Crippen LogP contribution in [0.4, 0.5) is 0 Å². The molecule has 0 radical (unpaired) electrons. The molecular formula is C16H33N5O3S. The molecular weight excluding hydrogens is 342 g/mol. The van der Waals surface area contributed by atoms with Crippen LogP contribution in [0.15, 0.2) is 4.99 Å². The first-order valence-electron chi connectivity index (χ1n) is 9.18. The zero-order valence-electron chi connectivity index (χ0n) is 15.7. The second-order valence-electron chi connectivity index (χ2n) is 6.91. The molecule has 1 atom stereocenters. The minimum Gasteiger partial charge on any atom is -0.379 e. The van der Waals surface area contributed by atoms with Crippen molar-refractivity contribution in [3.05, 3.63) is 0 Å². The molecule has 9 heteroatoms. The van der Waals surface area contributed by atoms with Crippen LogP contribution < -0.4 is 10.6 Å². The lowest BCUT2D eigenvalue weighted by atomic mass is 10.0. The van der Waals surface area contributed by atoms with Crippen molar-refractivity contribution in [2.75, 3.05) is 65.3 Å². The van der Waals surface area contributed by atoms with E-state index in [0.717, 1.165) is 45.2 Å². The molecule has 146 valence electrons. The molecule has 2 heterocycles. The summed E-state index contributed by atoms with van der Waals surface area (Å²) in [7, 11) is -1.29. The van der Waals surface area contributed by atoms with Crippen LogP contribution in [-0.4, -0.2) is 94.9 Å². The molecule has 2 N–H and O–H groups in total. The summed E-state index contributed by atoms with van der Waals surface area (Å²) in [6.45, 7) is 10.4. The first-order chi connectivity index (χ1) is 11.9. The number of morpholine rings is 1. The molecule has 2 aliphatic heterocycles. The Balaban J connectivity index is 1.76. The fourth-order valence-corrected chi connectivity index (χ4v) is 4.89. The van der Waals surface area contributed by atoms with Crippen LogP contribution in [0.5, 0.6) is 0 Å². The third-order valence-electron chi connectivity index (χ3n) is 4.84. The highest BCUT2D eigenvalue weighted by molar-refractivity contribution is 7.89. The lowest BCUT2D eigenvalue weighted by Gasteiger charge is -2.37. The Morgan fingerprint density at radius 3 is 2.48 bits per heavy atom. The van der Waals surface area contributed by atoms with Gasteiger partial charge in [0.1, 0.15) is 0 Å². The summed E-state index contributed by atoms with van der Waals surface area (Å²) >= 11 is 0. The van der Waals surface area contributed by atoms with Gasteiger partial charge in [0.25, 0.3) is 0 Å². The fourth-order valence-electron chi connectivity index (χ4n) is 3.36. The second kappa shape index (κ2) is 9.70. The van der Waals surface area contributed by atoms with Crippen LogP contribution in [0.2, 0.25) is 0 Å². The number of rotatable bonds is 7. The summed E-state index contributed by atoms with van der Waals surface area (Å²) in [5.74, 6) is 1.52. The van der Waals surface area contributed by atoms with Gasteiger partial charge in [-0.1, -0.05) is 13.8 Å². The zero-order valence-corrected chi connectivity index (χ0v) is 16.5. The first kappa shape index (κ1) is 20.4. The third-order valence-corrected chi connectivity index (χ3v) is 6.80. The summed E-state index contributed by atoms with van der Waals surface area (Å²) in [6.07, 6.45) is 0.727. The summed E-state index contributed by atoms with van der Waals surface area (Å²) in [5.41, 5.74) is 0. The van der Waals surface area contributed by atoms with E-state index in [1.165, 1.54) is 0 Å². The molecule has 0 amide bonds. The van der Waals surface area contributed by atoms with Crippen molar-refractivity contribution in [3.63, 3.8) is 0 Å². The number of nitrogens with one attached hydrogen (secondary N) is 2. The van der Waals surface area contributed by atoms with Gasteiger partial charge in [-0.3, -0.25) is 9.89 Å². The number of hydrogen-bond acceptors (Lipinski definition) is 5. The summed E-state index contributed by atoms with van der Waals surface area (Å²) in [6, 6.07) is 0.418. The van der Waals surface area contributed by atoms with Crippen LogP contribution in [0, 0.1) is 5.92 Å². The summed E-state index contributed by atoms with van der Waals surface area (Å²) < 4.78 is 30.6. The topological polar surface area (TPSA) is 86.3 Å².